The topological polar surface area (TPSA) is 88.8 Å². The summed E-state index contributed by atoms with van der Waals surface area (Å²) in [5.74, 6) is -1.81. The Morgan fingerprint density at radius 2 is 1.86 bits per heavy atom. The van der Waals surface area contributed by atoms with Gasteiger partial charge in [0.2, 0.25) is 10.0 Å². The number of halogens is 3. The molecule has 1 aliphatic rings. The Balaban J connectivity index is 1.84. The van der Waals surface area contributed by atoms with Gasteiger partial charge in [-0.25, -0.2) is 8.42 Å². The van der Waals surface area contributed by atoms with Gasteiger partial charge in [-0.3, -0.25) is 4.79 Å². The molecule has 152 valence electrons. The zero-order valence-corrected chi connectivity index (χ0v) is 15.6. The van der Waals surface area contributed by atoms with Crippen molar-refractivity contribution in [2.45, 2.75) is 31.0 Å². The van der Waals surface area contributed by atoms with Gasteiger partial charge in [-0.2, -0.15) is 4.31 Å². The second-order valence-corrected chi connectivity index (χ2v) is 8.05. The molecule has 3 rings (SSSR count). The lowest BCUT2D eigenvalue weighted by atomic mass is 10.3. The highest BCUT2D eigenvalue weighted by atomic mass is 32.2. The molecule has 1 N–H and O–H groups in total. The number of sulfonamides is 1. The quantitative estimate of drug-likeness (QED) is 0.803. The van der Waals surface area contributed by atoms with E-state index >= 15 is 0 Å². The first-order chi connectivity index (χ1) is 13.1. The molecular weight excluding hydrogens is 401 g/mol. The van der Waals surface area contributed by atoms with E-state index in [4.69, 9.17) is 4.42 Å². The van der Waals surface area contributed by atoms with Crippen LogP contribution in [0.4, 0.5) is 18.9 Å². The third-order valence-electron chi connectivity index (χ3n) is 4.14. The van der Waals surface area contributed by atoms with Gasteiger partial charge in [-0.15, -0.1) is 13.2 Å². The number of benzene rings is 1. The Kier molecular flexibility index (Phi) is 5.39. The van der Waals surface area contributed by atoms with Gasteiger partial charge in [0.1, 0.15) is 10.7 Å². The molecule has 1 fully saturated rings. The Bertz CT molecular complexity index is 979. The van der Waals surface area contributed by atoms with Crippen LogP contribution in [0.15, 0.2) is 39.6 Å². The molecule has 1 aliphatic heterocycles. The van der Waals surface area contributed by atoms with Crippen LogP contribution in [0.25, 0.3) is 0 Å². The van der Waals surface area contributed by atoms with Crippen molar-refractivity contribution in [2.24, 2.45) is 0 Å². The number of aryl methyl sites for hydroxylation is 1. The van der Waals surface area contributed by atoms with Crippen molar-refractivity contribution < 1.29 is 35.5 Å². The van der Waals surface area contributed by atoms with Crippen LogP contribution < -0.4 is 10.1 Å². The lowest BCUT2D eigenvalue weighted by molar-refractivity contribution is -0.274. The lowest BCUT2D eigenvalue weighted by Gasteiger charge is -2.14. The third-order valence-corrected chi connectivity index (χ3v) is 6.15. The summed E-state index contributed by atoms with van der Waals surface area (Å²) >= 11 is 0. The molecule has 1 saturated heterocycles. The van der Waals surface area contributed by atoms with Crippen LogP contribution in [0.1, 0.15) is 29.2 Å². The summed E-state index contributed by atoms with van der Waals surface area (Å²) in [7, 11) is -3.80. The van der Waals surface area contributed by atoms with Crippen LogP contribution in [-0.2, 0) is 10.0 Å². The number of para-hydroxylation sites is 2. The maximum absolute atomic E-state index is 12.6. The predicted molar refractivity (Wildman–Crippen MR) is 92.5 cm³/mol. The average molecular weight is 418 g/mol. The largest absolute Gasteiger partial charge is 0.573 e. The van der Waals surface area contributed by atoms with Crippen molar-refractivity contribution in [3.63, 3.8) is 0 Å². The second kappa shape index (κ2) is 7.47. The molecule has 0 bridgehead atoms. The van der Waals surface area contributed by atoms with Crippen LogP contribution in [0.3, 0.4) is 0 Å². The van der Waals surface area contributed by atoms with E-state index in [0.29, 0.717) is 13.1 Å². The van der Waals surface area contributed by atoms with Gasteiger partial charge in [-0.1, -0.05) is 12.1 Å². The van der Waals surface area contributed by atoms with Gasteiger partial charge < -0.3 is 14.5 Å². The summed E-state index contributed by atoms with van der Waals surface area (Å²) in [6.07, 6.45) is -3.43. The number of carbonyl (C=O) groups is 1. The van der Waals surface area contributed by atoms with Crippen molar-refractivity contribution >= 4 is 21.6 Å². The fourth-order valence-corrected chi connectivity index (χ4v) is 4.55. The Labute approximate surface area is 159 Å². The second-order valence-electron chi connectivity index (χ2n) is 6.14. The molecule has 0 aliphatic carbocycles. The molecule has 0 atom stereocenters. The van der Waals surface area contributed by atoms with Crippen molar-refractivity contribution in [1.29, 1.82) is 0 Å². The molecule has 1 aromatic carbocycles. The molecule has 0 spiro atoms. The summed E-state index contributed by atoms with van der Waals surface area (Å²) in [6.45, 7) is 2.17. The van der Waals surface area contributed by atoms with Crippen molar-refractivity contribution in [3.05, 3.63) is 41.9 Å². The molecule has 2 aromatic rings. The van der Waals surface area contributed by atoms with Gasteiger partial charge in [0, 0.05) is 19.2 Å². The predicted octanol–water partition coefficient (Wildman–Crippen LogP) is 3.52. The van der Waals surface area contributed by atoms with E-state index in [1.54, 1.807) is 0 Å². The monoisotopic (exact) mass is 418 g/mol. The van der Waals surface area contributed by atoms with E-state index in [1.807, 2.05) is 0 Å². The first-order valence-electron chi connectivity index (χ1n) is 8.34. The normalized spacial score (nSPS) is 15.6. The van der Waals surface area contributed by atoms with E-state index in [9.17, 15) is 26.4 Å². The third kappa shape index (κ3) is 4.30. The first kappa shape index (κ1) is 20.2. The van der Waals surface area contributed by atoms with Crippen molar-refractivity contribution in [3.8, 4) is 5.75 Å². The van der Waals surface area contributed by atoms with Crippen molar-refractivity contribution in [2.75, 3.05) is 18.4 Å². The average Bonchev–Trinajstić information content (AvgIpc) is 3.25. The first-order valence-corrected chi connectivity index (χ1v) is 9.78. The Hall–Kier alpha value is -2.53. The van der Waals surface area contributed by atoms with Gasteiger partial charge in [0.05, 0.1) is 5.69 Å². The summed E-state index contributed by atoms with van der Waals surface area (Å²) in [6, 6.07) is 6.06. The minimum absolute atomic E-state index is 0.0249. The van der Waals surface area contributed by atoms with E-state index in [0.717, 1.165) is 25.0 Å². The summed E-state index contributed by atoms with van der Waals surface area (Å²) in [5.41, 5.74) is -0.233. The SMILES string of the molecule is Cc1oc(C(=O)Nc2ccccc2OC(F)(F)F)cc1S(=O)(=O)N1CCCC1. The molecule has 1 amide bonds. The maximum atomic E-state index is 12.6. The highest BCUT2D eigenvalue weighted by Gasteiger charge is 2.33. The van der Waals surface area contributed by atoms with Crippen LogP contribution >= 0.6 is 0 Å². The van der Waals surface area contributed by atoms with Crippen molar-refractivity contribution in [1.82, 2.24) is 4.31 Å². The molecule has 28 heavy (non-hydrogen) atoms. The molecule has 1 aromatic heterocycles. The number of rotatable bonds is 5. The van der Waals surface area contributed by atoms with Gasteiger partial charge in [-0.05, 0) is 31.9 Å². The molecule has 2 heterocycles. The number of ether oxygens (including phenoxy) is 1. The van der Waals surface area contributed by atoms with E-state index in [1.165, 1.54) is 29.4 Å². The molecule has 0 radical (unpaired) electrons. The van der Waals surface area contributed by atoms with Crippen LogP contribution in [-0.4, -0.2) is 38.1 Å². The lowest BCUT2D eigenvalue weighted by Crippen LogP contribution is -2.28. The molecular formula is C17H17F3N2O5S. The smallest absolute Gasteiger partial charge is 0.455 e. The van der Waals surface area contributed by atoms with Crippen LogP contribution in [0, 0.1) is 6.92 Å². The number of hydrogen-bond donors (Lipinski definition) is 1. The minimum Gasteiger partial charge on any atom is -0.455 e. The van der Waals surface area contributed by atoms with Gasteiger partial charge in [0.25, 0.3) is 5.91 Å². The highest BCUT2D eigenvalue weighted by Crippen LogP contribution is 2.31. The summed E-state index contributed by atoms with van der Waals surface area (Å²) in [5, 5.41) is 2.24. The number of nitrogens with zero attached hydrogens (tertiary/aromatic N) is 1. The summed E-state index contributed by atoms with van der Waals surface area (Å²) in [4.78, 5) is 12.3. The molecule has 11 heteroatoms. The highest BCUT2D eigenvalue weighted by molar-refractivity contribution is 7.89. The number of anilines is 1. The van der Waals surface area contributed by atoms with Crippen LogP contribution in [0.5, 0.6) is 5.75 Å². The van der Waals surface area contributed by atoms with E-state index in [2.05, 4.69) is 10.1 Å². The number of nitrogens with one attached hydrogen (secondary N) is 1. The molecule has 0 saturated carbocycles. The molecule has 7 nitrogen and oxygen atoms in total. The molecule has 0 unspecified atom stereocenters. The maximum Gasteiger partial charge on any atom is 0.573 e. The fraction of sp³-hybridized carbons (Fsp3) is 0.353. The Morgan fingerprint density at radius 1 is 1.21 bits per heavy atom. The zero-order chi connectivity index (χ0) is 20.5. The number of alkyl halides is 3. The van der Waals surface area contributed by atoms with Crippen LogP contribution in [0.2, 0.25) is 0 Å². The number of amides is 1. The van der Waals surface area contributed by atoms with E-state index in [-0.39, 0.29) is 22.1 Å². The van der Waals surface area contributed by atoms with Gasteiger partial charge in [0.15, 0.2) is 11.5 Å². The summed E-state index contributed by atoms with van der Waals surface area (Å²) < 4.78 is 73.2. The Morgan fingerprint density at radius 3 is 2.50 bits per heavy atom. The fourth-order valence-electron chi connectivity index (χ4n) is 2.87. The minimum atomic E-state index is -4.93. The zero-order valence-electron chi connectivity index (χ0n) is 14.7. The van der Waals surface area contributed by atoms with E-state index < -0.39 is 28.0 Å². The standard InChI is InChI=1S/C17H17F3N2O5S/c1-11-15(28(24,25)22-8-4-5-9-22)10-14(26-11)16(23)21-12-6-2-3-7-13(12)27-17(18,19)20/h2-3,6-7,10H,4-5,8-9H2,1H3,(H,21,23). The number of furan rings is 1. The number of carbonyl (C=O) groups excluding carboxylic acids is 1. The number of hydrogen-bond acceptors (Lipinski definition) is 5. The van der Waals surface area contributed by atoms with Gasteiger partial charge >= 0.3 is 6.36 Å².